The van der Waals surface area contributed by atoms with Crippen molar-refractivity contribution in [2.75, 3.05) is 13.1 Å². The summed E-state index contributed by atoms with van der Waals surface area (Å²) in [6, 6.07) is -0.00683. The van der Waals surface area contributed by atoms with Crippen LogP contribution in [0.3, 0.4) is 0 Å². The molecule has 0 aromatic carbocycles. The van der Waals surface area contributed by atoms with E-state index in [-0.39, 0.29) is 30.2 Å². The molecule has 0 heterocycles. The molecule has 33 heavy (non-hydrogen) atoms. The van der Waals surface area contributed by atoms with Crippen molar-refractivity contribution in [3.63, 3.8) is 0 Å². The van der Waals surface area contributed by atoms with Gasteiger partial charge in [-0.25, -0.2) is 0 Å². The van der Waals surface area contributed by atoms with Crippen molar-refractivity contribution >= 4 is 23.6 Å². The summed E-state index contributed by atoms with van der Waals surface area (Å²) in [5, 5.41) is 8.83. The molecular weight excluding hydrogens is 420 g/mol. The van der Waals surface area contributed by atoms with E-state index < -0.39 is 22.2 Å². The van der Waals surface area contributed by atoms with Crippen LogP contribution in [0.4, 0.5) is 0 Å². The molecule has 0 fully saturated rings. The Morgan fingerprint density at radius 2 is 1.33 bits per heavy atom. The first kappa shape index (κ1) is 30.9. The van der Waals surface area contributed by atoms with Crippen molar-refractivity contribution in [1.82, 2.24) is 16.0 Å². The molecule has 0 bridgehead atoms. The van der Waals surface area contributed by atoms with Crippen LogP contribution >= 0.6 is 0 Å². The Labute approximate surface area is 200 Å². The normalized spacial score (nSPS) is 15.3. The molecule has 0 spiro atoms. The summed E-state index contributed by atoms with van der Waals surface area (Å²) in [6.07, 6.45) is 4.09. The van der Waals surface area contributed by atoms with Crippen LogP contribution in [-0.4, -0.2) is 42.8 Å². The molecule has 5 N–H and O–H groups in total. The van der Waals surface area contributed by atoms with Gasteiger partial charge in [0.2, 0.25) is 23.6 Å². The van der Waals surface area contributed by atoms with E-state index in [1.165, 1.54) is 0 Å². The number of carbonyl (C=O) groups excluding carboxylic acids is 4. The number of hydrogen-bond acceptors (Lipinski definition) is 4. The molecule has 0 saturated carbocycles. The SMILES string of the molecule is CCC(=O)NCCCCCNC(=O)C(C)(CC(C)(C)C(N)=O)CC(C)(CC)C(=O)NC(C)C. The van der Waals surface area contributed by atoms with Gasteiger partial charge in [-0.15, -0.1) is 0 Å². The highest BCUT2D eigenvalue weighted by Crippen LogP contribution is 2.44. The Morgan fingerprint density at radius 1 is 0.788 bits per heavy atom. The summed E-state index contributed by atoms with van der Waals surface area (Å²) in [6.45, 7) is 15.9. The van der Waals surface area contributed by atoms with Crippen molar-refractivity contribution in [3.05, 3.63) is 0 Å². The summed E-state index contributed by atoms with van der Waals surface area (Å²) < 4.78 is 0. The highest BCUT2D eigenvalue weighted by molar-refractivity contribution is 5.87. The van der Waals surface area contributed by atoms with Crippen LogP contribution in [0.2, 0.25) is 0 Å². The molecule has 0 rings (SSSR count). The van der Waals surface area contributed by atoms with E-state index in [0.717, 1.165) is 19.3 Å². The molecule has 0 aromatic heterocycles. The Hall–Kier alpha value is -2.12. The second-order valence-corrected chi connectivity index (χ2v) is 10.7. The third-order valence-corrected chi connectivity index (χ3v) is 6.36. The van der Waals surface area contributed by atoms with E-state index in [4.69, 9.17) is 5.73 Å². The Bertz CT molecular complexity index is 677. The lowest BCUT2D eigenvalue weighted by Crippen LogP contribution is -2.50. The third kappa shape index (κ3) is 10.6. The highest BCUT2D eigenvalue weighted by atomic mass is 16.2. The number of hydrogen-bond donors (Lipinski definition) is 4. The zero-order valence-electron chi connectivity index (χ0n) is 22.2. The summed E-state index contributed by atoms with van der Waals surface area (Å²) >= 11 is 0. The number of nitrogens with one attached hydrogen (secondary N) is 3. The van der Waals surface area contributed by atoms with Crippen LogP contribution in [-0.2, 0) is 19.2 Å². The fourth-order valence-corrected chi connectivity index (χ4v) is 4.14. The van der Waals surface area contributed by atoms with Gasteiger partial charge in [0.15, 0.2) is 0 Å². The fourth-order valence-electron chi connectivity index (χ4n) is 4.14. The maximum absolute atomic E-state index is 13.4. The molecular formula is C25H48N4O4. The number of primary amides is 1. The number of rotatable bonds is 16. The van der Waals surface area contributed by atoms with Crippen LogP contribution in [0.25, 0.3) is 0 Å². The van der Waals surface area contributed by atoms with E-state index >= 15 is 0 Å². The first-order valence-corrected chi connectivity index (χ1v) is 12.3. The monoisotopic (exact) mass is 468 g/mol. The lowest BCUT2D eigenvalue weighted by atomic mass is 9.64. The number of amides is 4. The van der Waals surface area contributed by atoms with Crippen LogP contribution in [0.1, 0.15) is 100 Å². The largest absolute Gasteiger partial charge is 0.369 e. The predicted molar refractivity (Wildman–Crippen MR) is 132 cm³/mol. The Morgan fingerprint density at radius 3 is 1.79 bits per heavy atom. The average molecular weight is 469 g/mol. The molecule has 8 heteroatoms. The molecule has 0 aliphatic rings. The van der Waals surface area contributed by atoms with E-state index in [9.17, 15) is 19.2 Å². The predicted octanol–water partition coefficient (Wildman–Crippen LogP) is 3.04. The summed E-state index contributed by atoms with van der Waals surface area (Å²) in [7, 11) is 0. The standard InChI is InChI=1S/C25H48N4O4/c1-9-19(30)27-14-12-11-13-15-28-21(32)25(8,16-23(5,6)20(26)31)17-24(7,10-2)22(33)29-18(3)4/h18H,9-17H2,1-8H3,(H2,26,31)(H,27,30)(H,28,32)(H,29,33). The molecule has 4 amide bonds. The van der Waals surface area contributed by atoms with Gasteiger partial charge in [-0.3, -0.25) is 19.2 Å². The molecule has 0 radical (unpaired) electrons. The van der Waals surface area contributed by atoms with Gasteiger partial charge in [-0.1, -0.05) is 41.5 Å². The quantitative estimate of drug-likeness (QED) is 0.259. The smallest absolute Gasteiger partial charge is 0.226 e. The number of unbranched alkanes of at least 4 members (excludes halogenated alkanes) is 2. The minimum atomic E-state index is -0.952. The van der Waals surface area contributed by atoms with Gasteiger partial charge >= 0.3 is 0 Å². The molecule has 2 unspecified atom stereocenters. The molecule has 0 aliphatic carbocycles. The Kier molecular flexibility index (Phi) is 12.7. The molecule has 0 saturated heterocycles. The zero-order chi connectivity index (χ0) is 25.9. The van der Waals surface area contributed by atoms with Crippen molar-refractivity contribution in [2.45, 2.75) is 106 Å². The number of carbonyl (C=O) groups is 4. The van der Waals surface area contributed by atoms with E-state index in [2.05, 4.69) is 16.0 Å². The van der Waals surface area contributed by atoms with Crippen LogP contribution in [0, 0.1) is 16.2 Å². The average Bonchev–Trinajstić information content (AvgIpc) is 2.71. The zero-order valence-corrected chi connectivity index (χ0v) is 22.2. The second-order valence-electron chi connectivity index (χ2n) is 10.7. The minimum Gasteiger partial charge on any atom is -0.369 e. The van der Waals surface area contributed by atoms with Crippen molar-refractivity contribution < 1.29 is 19.2 Å². The van der Waals surface area contributed by atoms with Gasteiger partial charge in [0, 0.05) is 41.8 Å². The lowest BCUT2D eigenvalue weighted by molar-refractivity contribution is -0.141. The van der Waals surface area contributed by atoms with Gasteiger partial charge in [0.25, 0.3) is 0 Å². The van der Waals surface area contributed by atoms with E-state index in [1.54, 1.807) is 13.8 Å². The van der Waals surface area contributed by atoms with Crippen LogP contribution in [0.15, 0.2) is 0 Å². The van der Waals surface area contributed by atoms with Crippen molar-refractivity contribution in [2.24, 2.45) is 22.0 Å². The summed E-state index contributed by atoms with van der Waals surface area (Å²) in [4.78, 5) is 49.7. The topological polar surface area (TPSA) is 130 Å². The third-order valence-electron chi connectivity index (χ3n) is 6.36. The summed E-state index contributed by atoms with van der Waals surface area (Å²) in [5.74, 6) is -0.699. The van der Waals surface area contributed by atoms with Gasteiger partial charge < -0.3 is 21.7 Å². The molecule has 8 nitrogen and oxygen atoms in total. The maximum Gasteiger partial charge on any atom is 0.226 e. The number of nitrogens with two attached hydrogens (primary N) is 1. The van der Waals surface area contributed by atoms with E-state index in [0.29, 0.717) is 32.4 Å². The maximum atomic E-state index is 13.4. The first-order valence-electron chi connectivity index (χ1n) is 12.3. The van der Waals surface area contributed by atoms with Gasteiger partial charge in [0.05, 0.1) is 0 Å². The molecule has 0 aromatic rings. The van der Waals surface area contributed by atoms with Crippen LogP contribution in [0.5, 0.6) is 0 Å². The highest BCUT2D eigenvalue weighted by Gasteiger charge is 2.47. The van der Waals surface area contributed by atoms with Crippen molar-refractivity contribution in [1.29, 1.82) is 0 Å². The fraction of sp³-hybridized carbons (Fsp3) is 0.840. The lowest BCUT2D eigenvalue weighted by Gasteiger charge is -2.41. The van der Waals surface area contributed by atoms with Crippen LogP contribution < -0.4 is 21.7 Å². The van der Waals surface area contributed by atoms with Gasteiger partial charge in [-0.05, 0) is 52.4 Å². The molecule has 192 valence electrons. The first-order chi connectivity index (χ1) is 15.1. The minimum absolute atomic E-state index is 0.00683. The van der Waals surface area contributed by atoms with E-state index in [1.807, 2.05) is 41.5 Å². The molecule has 0 aliphatic heterocycles. The summed E-state index contributed by atoms with van der Waals surface area (Å²) in [5.41, 5.74) is 3.01. The molecule has 2 atom stereocenters. The van der Waals surface area contributed by atoms with Gasteiger partial charge in [-0.2, -0.15) is 0 Å². The second kappa shape index (κ2) is 13.6. The Balaban J connectivity index is 5.32. The van der Waals surface area contributed by atoms with Crippen molar-refractivity contribution in [3.8, 4) is 0 Å². The van der Waals surface area contributed by atoms with Gasteiger partial charge in [0.1, 0.15) is 0 Å².